The van der Waals surface area contributed by atoms with E-state index in [4.69, 9.17) is 10.5 Å². The molecule has 0 aliphatic carbocycles. The monoisotopic (exact) mass is 282 g/mol. The molecule has 2 N–H and O–H groups in total. The maximum Gasteiger partial charge on any atom is 0.147 e. The maximum absolute atomic E-state index is 14.2. The van der Waals surface area contributed by atoms with E-state index in [2.05, 4.69) is 12.6 Å². The Balaban J connectivity index is 2.26. The molecule has 1 aromatic carbocycles. The molecule has 1 aliphatic rings. The van der Waals surface area contributed by atoms with Crippen molar-refractivity contribution in [1.29, 1.82) is 0 Å². The first-order valence-electron chi connectivity index (χ1n) is 6.43. The van der Waals surface area contributed by atoms with Gasteiger partial charge in [-0.15, -0.1) is 12.6 Å². The van der Waals surface area contributed by atoms with Gasteiger partial charge in [-0.1, -0.05) is 13.0 Å². The van der Waals surface area contributed by atoms with Crippen LogP contribution in [-0.4, -0.2) is 26.3 Å². The summed E-state index contributed by atoms with van der Waals surface area (Å²) in [5, 5.41) is 0. The van der Waals surface area contributed by atoms with Gasteiger partial charge in [-0.05, 0) is 18.6 Å². The number of allylic oxidation sites excluding steroid dienone is 1. The second-order valence-electron chi connectivity index (χ2n) is 4.48. The maximum atomic E-state index is 14.2. The molecule has 1 fully saturated rings. The summed E-state index contributed by atoms with van der Waals surface area (Å²) in [5.74, 6) is -0.250. The van der Waals surface area contributed by atoms with Gasteiger partial charge in [0.05, 0.1) is 18.9 Å². The van der Waals surface area contributed by atoms with Crippen LogP contribution >= 0.6 is 12.6 Å². The molecule has 1 heterocycles. The molecular weight excluding hydrogens is 263 g/mol. The van der Waals surface area contributed by atoms with Crippen LogP contribution in [0, 0.1) is 5.82 Å². The zero-order valence-corrected chi connectivity index (χ0v) is 11.9. The number of ether oxygens (including phenoxy) is 1. The lowest BCUT2D eigenvalue weighted by Crippen LogP contribution is -2.36. The van der Waals surface area contributed by atoms with E-state index >= 15 is 0 Å². The largest absolute Gasteiger partial charge is 0.398 e. The molecule has 3 nitrogen and oxygen atoms in total. The van der Waals surface area contributed by atoms with Crippen LogP contribution in [0.2, 0.25) is 0 Å². The van der Waals surface area contributed by atoms with Gasteiger partial charge in [-0.25, -0.2) is 4.39 Å². The molecule has 0 amide bonds. The molecule has 0 aromatic heterocycles. The Morgan fingerprint density at radius 2 is 2.11 bits per heavy atom. The standard InChI is InChI=1S/C14H19FN2OS/c1-2-13(19)14(16)10-3-4-12(11(15)9-10)17-5-7-18-8-6-17/h3-4,9,19H,2,5-8,16H2,1H3/b14-13-. The van der Waals surface area contributed by atoms with Crippen molar-refractivity contribution >= 4 is 24.0 Å². The number of anilines is 1. The van der Waals surface area contributed by atoms with E-state index in [-0.39, 0.29) is 5.82 Å². The lowest BCUT2D eigenvalue weighted by molar-refractivity contribution is 0.122. The van der Waals surface area contributed by atoms with E-state index in [9.17, 15) is 4.39 Å². The minimum Gasteiger partial charge on any atom is -0.398 e. The molecule has 1 aliphatic heterocycles. The quantitative estimate of drug-likeness (QED) is 0.837. The third-order valence-corrected chi connectivity index (χ3v) is 3.81. The third kappa shape index (κ3) is 3.22. The molecule has 2 rings (SSSR count). The van der Waals surface area contributed by atoms with E-state index in [1.807, 2.05) is 17.9 Å². The van der Waals surface area contributed by atoms with Crippen molar-refractivity contribution in [2.45, 2.75) is 13.3 Å². The number of nitrogens with two attached hydrogens (primary N) is 1. The zero-order chi connectivity index (χ0) is 13.8. The molecule has 0 saturated carbocycles. The lowest BCUT2D eigenvalue weighted by atomic mass is 10.1. The normalized spacial score (nSPS) is 17.3. The predicted molar refractivity (Wildman–Crippen MR) is 79.8 cm³/mol. The average molecular weight is 282 g/mol. The minimum atomic E-state index is -0.250. The summed E-state index contributed by atoms with van der Waals surface area (Å²) in [7, 11) is 0. The number of halogens is 1. The second kappa shape index (κ2) is 6.30. The van der Waals surface area contributed by atoms with Gasteiger partial charge in [0, 0.05) is 29.3 Å². The van der Waals surface area contributed by atoms with Crippen LogP contribution in [0.3, 0.4) is 0 Å². The van der Waals surface area contributed by atoms with Crippen LogP contribution in [0.4, 0.5) is 10.1 Å². The van der Waals surface area contributed by atoms with Gasteiger partial charge in [0.2, 0.25) is 0 Å². The highest BCUT2D eigenvalue weighted by atomic mass is 32.1. The third-order valence-electron chi connectivity index (χ3n) is 3.26. The highest BCUT2D eigenvalue weighted by molar-refractivity contribution is 7.84. The number of nitrogens with zero attached hydrogens (tertiary/aromatic N) is 1. The molecular formula is C14H19FN2OS. The van der Waals surface area contributed by atoms with Crippen molar-refractivity contribution in [3.63, 3.8) is 0 Å². The van der Waals surface area contributed by atoms with Gasteiger partial charge < -0.3 is 15.4 Å². The van der Waals surface area contributed by atoms with Crippen LogP contribution in [0.25, 0.3) is 5.70 Å². The highest BCUT2D eigenvalue weighted by Gasteiger charge is 2.15. The van der Waals surface area contributed by atoms with Crippen LogP contribution in [-0.2, 0) is 4.74 Å². The number of hydrogen-bond acceptors (Lipinski definition) is 4. The average Bonchev–Trinajstić information content (AvgIpc) is 2.46. The fraction of sp³-hybridized carbons (Fsp3) is 0.429. The second-order valence-corrected chi connectivity index (χ2v) is 5.02. The first kappa shape index (κ1) is 14.2. The minimum absolute atomic E-state index is 0.250. The number of rotatable bonds is 3. The first-order valence-corrected chi connectivity index (χ1v) is 6.88. The number of benzene rings is 1. The lowest BCUT2D eigenvalue weighted by Gasteiger charge is -2.29. The van der Waals surface area contributed by atoms with Crippen LogP contribution in [0.15, 0.2) is 23.1 Å². The molecule has 0 unspecified atom stereocenters. The van der Waals surface area contributed by atoms with E-state index in [1.54, 1.807) is 6.07 Å². The van der Waals surface area contributed by atoms with Crippen LogP contribution < -0.4 is 10.6 Å². The van der Waals surface area contributed by atoms with E-state index < -0.39 is 0 Å². The zero-order valence-electron chi connectivity index (χ0n) is 11.0. The van der Waals surface area contributed by atoms with Crippen molar-refractivity contribution in [1.82, 2.24) is 0 Å². The van der Waals surface area contributed by atoms with Gasteiger partial charge in [-0.3, -0.25) is 0 Å². The van der Waals surface area contributed by atoms with Crippen molar-refractivity contribution in [2.75, 3.05) is 31.2 Å². The molecule has 0 bridgehead atoms. The van der Waals surface area contributed by atoms with Gasteiger partial charge in [0.25, 0.3) is 0 Å². The SMILES string of the molecule is CC/C(S)=C(/N)c1ccc(N2CCOCC2)c(F)c1. The Labute approximate surface area is 118 Å². The topological polar surface area (TPSA) is 38.5 Å². The number of hydrogen-bond donors (Lipinski definition) is 2. The Kier molecular flexibility index (Phi) is 4.71. The Morgan fingerprint density at radius 1 is 1.42 bits per heavy atom. The van der Waals surface area contributed by atoms with E-state index in [1.165, 1.54) is 6.07 Å². The Hall–Kier alpha value is -1.20. The van der Waals surface area contributed by atoms with Gasteiger partial charge in [-0.2, -0.15) is 0 Å². The number of thiol groups is 1. The van der Waals surface area contributed by atoms with Crippen molar-refractivity contribution in [3.05, 3.63) is 34.5 Å². The molecule has 1 saturated heterocycles. The fourth-order valence-electron chi connectivity index (χ4n) is 2.09. The molecule has 0 atom stereocenters. The smallest absolute Gasteiger partial charge is 0.147 e. The predicted octanol–water partition coefficient (Wildman–Crippen LogP) is 2.63. The van der Waals surface area contributed by atoms with E-state index in [0.29, 0.717) is 43.3 Å². The van der Waals surface area contributed by atoms with Gasteiger partial charge in [0.15, 0.2) is 0 Å². The summed E-state index contributed by atoms with van der Waals surface area (Å²) in [5.41, 5.74) is 7.78. The Morgan fingerprint density at radius 3 is 2.68 bits per heavy atom. The van der Waals surface area contributed by atoms with Crippen LogP contribution in [0.1, 0.15) is 18.9 Å². The molecule has 1 aromatic rings. The van der Waals surface area contributed by atoms with Gasteiger partial charge in [0.1, 0.15) is 5.82 Å². The first-order chi connectivity index (χ1) is 9.13. The summed E-state index contributed by atoms with van der Waals surface area (Å²) < 4.78 is 19.4. The van der Waals surface area contributed by atoms with E-state index in [0.717, 1.165) is 11.3 Å². The summed E-state index contributed by atoms with van der Waals surface area (Å²) in [6, 6.07) is 5.10. The highest BCUT2D eigenvalue weighted by Crippen LogP contribution is 2.25. The molecule has 5 heteroatoms. The molecule has 19 heavy (non-hydrogen) atoms. The van der Waals surface area contributed by atoms with Crippen molar-refractivity contribution in [2.24, 2.45) is 5.73 Å². The Bertz CT molecular complexity index is 484. The van der Waals surface area contributed by atoms with Gasteiger partial charge >= 0.3 is 0 Å². The number of morpholine rings is 1. The summed E-state index contributed by atoms with van der Waals surface area (Å²) in [6.07, 6.45) is 0.738. The fourth-order valence-corrected chi connectivity index (χ4v) is 2.22. The summed E-state index contributed by atoms with van der Waals surface area (Å²) in [4.78, 5) is 2.77. The van der Waals surface area contributed by atoms with Crippen LogP contribution in [0.5, 0.6) is 0 Å². The summed E-state index contributed by atoms with van der Waals surface area (Å²) >= 11 is 4.30. The molecule has 0 radical (unpaired) electrons. The van der Waals surface area contributed by atoms with Crippen molar-refractivity contribution < 1.29 is 9.13 Å². The van der Waals surface area contributed by atoms with Crippen molar-refractivity contribution in [3.8, 4) is 0 Å². The summed E-state index contributed by atoms with van der Waals surface area (Å²) in [6.45, 7) is 4.68. The molecule has 0 spiro atoms. The molecule has 104 valence electrons.